The van der Waals surface area contributed by atoms with E-state index in [0.29, 0.717) is 18.2 Å². The van der Waals surface area contributed by atoms with Gasteiger partial charge in [0, 0.05) is 50.7 Å². The summed E-state index contributed by atoms with van der Waals surface area (Å²) in [5.74, 6) is 0. The van der Waals surface area contributed by atoms with Crippen molar-refractivity contribution < 1.29 is 0 Å². The van der Waals surface area contributed by atoms with Gasteiger partial charge in [0.2, 0.25) is 0 Å². The van der Waals surface area contributed by atoms with Gasteiger partial charge in [-0.25, -0.2) is 0 Å². The van der Waals surface area contributed by atoms with E-state index in [2.05, 4.69) is 74.1 Å². The second kappa shape index (κ2) is 7.75. The molecule has 0 aliphatic carbocycles. The van der Waals surface area contributed by atoms with E-state index in [-0.39, 0.29) is 0 Å². The van der Waals surface area contributed by atoms with Crippen molar-refractivity contribution in [2.24, 2.45) is 0 Å². The molecule has 0 fully saturated rings. The van der Waals surface area contributed by atoms with Crippen molar-refractivity contribution in [2.75, 3.05) is 33.2 Å². The Labute approximate surface area is 119 Å². The standard InChI is InChI=1S/C15H32N4/c1-13(2)16-7-8-18-11-12-19(15(18)5)10-9-17(6)14(3)4/h11-16H,7-10H2,1-6H3. The molecule has 0 aromatic heterocycles. The molecule has 4 heteroatoms. The second-order valence-electron chi connectivity index (χ2n) is 6.09. The molecule has 112 valence electrons. The minimum Gasteiger partial charge on any atom is -0.355 e. The lowest BCUT2D eigenvalue weighted by Gasteiger charge is -2.32. The lowest BCUT2D eigenvalue weighted by Crippen LogP contribution is -2.43. The van der Waals surface area contributed by atoms with E-state index in [1.807, 2.05) is 0 Å². The number of nitrogens with one attached hydrogen (secondary N) is 1. The third-order valence-electron chi connectivity index (χ3n) is 3.92. The molecule has 1 atom stereocenters. The van der Waals surface area contributed by atoms with Gasteiger partial charge in [0.05, 0.1) is 6.17 Å². The summed E-state index contributed by atoms with van der Waals surface area (Å²) < 4.78 is 0. The Morgan fingerprint density at radius 1 is 1.11 bits per heavy atom. The Bertz CT molecular complexity index is 275. The molecule has 0 saturated carbocycles. The van der Waals surface area contributed by atoms with E-state index in [0.717, 1.165) is 26.2 Å². The van der Waals surface area contributed by atoms with Gasteiger partial charge in [0.15, 0.2) is 0 Å². The van der Waals surface area contributed by atoms with Gasteiger partial charge in [0.25, 0.3) is 0 Å². The van der Waals surface area contributed by atoms with Crippen LogP contribution in [-0.4, -0.2) is 66.2 Å². The van der Waals surface area contributed by atoms with Crippen molar-refractivity contribution in [3.63, 3.8) is 0 Å². The quantitative estimate of drug-likeness (QED) is 0.724. The molecule has 0 saturated heterocycles. The molecule has 0 radical (unpaired) electrons. The zero-order chi connectivity index (χ0) is 14.4. The number of likely N-dealkylation sites (N-methyl/N-ethyl adjacent to an activating group) is 1. The summed E-state index contributed by atoms with van der Waals surface area (Å²) in [7, 11) is 2.19. The fraction of sp³-hybridized carbons (Fsp3) is 0.867. The molecule has 0 aromatic carbocycles. The lowest BCUT2D eigenvalue weighted by atomic mass is 10.3. The SMILES string of the molecule is CC(C)NCCN1C=CN(CCN(C)C(C)C)C1C. The Morgan fingerprint density at radius 2 is 1.68 bits per heavy atom. The van der Waals surface area contributed by atoms with Gasteiger partial charge in [0.1, 0.15) is 0 Å². The van der Waals surface area contributed by atoms with Gasteiger partial charge in [-0.05, 0) is 27.8 Å². The normalized spacial score (nSPS) is 19.5. The molecule has 0 aromatic rings. The van der Waals surface area contributed by atoms with Crippen molar-refractivity contribution in [3.8, 4) is 0 Å². The Morgan fingerprint density at radius 3 is 2.21 bits per heavy atom. The van der Waals surface area contributed by atoms with Crippen LogP contribution in [0.25, 0.3) is 0 Å². The first-order valence-electron chi connectivity index (χ1n) is 7.55. The molecule has 0 spiro atoms. The molecule has 1 aliphatic heterocycles. The van der Waals surface area contributed by atoms with Crippen LogP contribution in [0.1, 0.15) is 34.6 Å². The van der Waals surface area contributed by atoms with Crippen LogP contribution in [-0.2, 0) is 0 Å². The van der Waals surface area contributed by atoms with Crippen LogP contribution < -0.4 is 5.32 Å². The summed E-state index contributed by atoms with van der Waals surface area (Å²) >= 11 is 0. The third kappa shape index (κ3) is 5.41. The molecule has 1 rings (SSSR count). The van der Waals surface area contributed by atoms with Gasteiger partial charge in [-0.1, -0.05) is 13.8 Å². The molecule has 1 aliphatic rings. The van der Waals surface area contributed by atoms with Crippen molar-refractivity contribution >= 4 is 0 Å². The van der Waals surface area contributed by atoms with E-state index < -0.39 is 0 Å². The molecule has 1 unspecified atom stereocenters. The third-order valence-corrected chi connectivity index (χ3v) is 3.92. The van der Waals surface area contributed by atoms with Crippen LogP contribution in [0.4, 0.5) is 0 Å². The average Bonchev–Trinajstić information content (AvgIpc) is 2.67. The Hall–Kier alpha value is -0.740. The van der Waals surface area contributed by atoms with Crippen molar-refractivity contribution in [1.29, 1.82) is 0 Å². The fourth-order valence-electron chi connectivity index (χ4n) is 2.15. The van der Waals surface area contributed by atoms with Crippen LogP contribution in [0.15, 0.2) is 12.4 Å². The number of rotatable bonds is 8. The highest BCUT2D eigenvalue weighted by Gasteiger charge is 2.21. The zero-order valence-electron chi connectivity index (χ0n) is 13.6. The van der Waals surface area contributed by atoms with Gasteiger partial charge in [-0.3, -0.25) is 0 Å². The van der Waals surface area contributed by atoms with Gasteiger partial charge < -0.3 is 20.0 Å². The highest BCUT2D eigenvalue weighted by atomic mass is 15.4. The zero-order valence-corrected chi connectivity index (χ0v) is 13.6. The van der Waals surface area contributed by atoms with Crippen LogP contribution >= 0.6 is 0 Å². The number of nitrogens with zero attached hydrogens (tertiary/aromatic N) is 3. The summed E-state index contributed by atoms with van der Waals surface area (Å²) in [6.45, 7) is 15.5. The second-order valence-corrected chi connectivity index (χ2v) is 6.09. The number of hydrogen-bond donors (Lipinski definition) is 1. The maximum atomic E-state index is 3.47. The minimum absolute atomic E-state index is 0.481. The first kappa shape index (κ1) is 16.3. The summed E-state index contributed by atoms with van der Waals surface area (Å²) in [6.07, 6.45) is 4.94. The highest BCUT2D eigenvalue weighted by molar-refractivity contribution is 4.95. The Kier molecular flexibility index (Phi) is 6.66. The number of hydrogen-bond acceptors (Lipinski definition) is 4. The molecule has 19 heavy (non-hydrogen) atoms. The van der Waals surface area contributed by atoms with E-state index in [1.54, 1.807) is 0 Å². The van der Waals surface area contributed by atoms with E-state index >= 15 is 0 Å². The summed E-state index contributed by atoms with van der Waals surface area (Å²) in [6, 6.07) is 1.19. The molecule has 0 bridgehead atoms. The summed E-state index contributed by atoms with van der Waals surface area (Å²) in [5.41, 5.74) is 0. The maximum Gasteiger partial charge on any atom is 0.0978 e. The predicted octanol–water partition coefficient (Wildman–Crippen LogP) is 1.76. The smallest absolute Gasteiger partial charge is 0.0978 e. The minimum atomic E-state index is 0.481. The molecular weight excluding hydrogens is 236 g/mol. The average molecular weight is 268 g/mol. The van der Waals surface area contributed by atoms with Crippen molar-refractivity contribution in [1.82, 2.24) is 20.0 Å². The Balaban J connectivity index is 2.27. The molecule has 4 nitrogen and oxygen atoms in total. The monoisotopic (exact) mass is 268 g/mol. The van der Waals surface area contributed by atoms with Crippen LogP contribution in [0.5, 0.6) is 0 Å². The summed E-state index contributed by atoms with van der Waals surface area (Å²) in [4.78, 5) is 7.22. The van der Waals surface area contributed by atoms with E-state index in [4.69, 9.17) is 0 Å². The highest BCUT2D eigenvalue weighted by Crippen LogP contribution is 2.14. The van der Waals surface area contributed by atoms with Gasteiger partial charge in [-0.15, -0.1) is 0 Å². The fourth-order valence-corrected chi connectivity index (χ4v) is 2.15. The topological polar surface area (TPSA) is 21.8 Å². The van der Waals surface area contributed by atoms with Crippen LogP contribution in [0.3, 0.4) is 0 Å². The largest absolute Gasteiger partial charge is 0.355 e. The molecule has 1 heterocycles. The first-order valence-corrected chi connectivity index (χ1v) is 7.55. The van der Waals surface area contributed by atoms with Gasteiger partial charge >= 0.3 is 0 Å². The molecule has 1 N–H and O–H groups in total. The maximum absolute atomic E-state index is 3.47. The van der Waals surface area contributed by atoms with E-state index in [1.165, 1.54) is 0 Å². The first-order chi connectivity index (χ1) is 8.91. The lowest BCUT2D eigenvalue weighted by molar-refractivity contribution is 0.148. The van der Waals surface area contributed by atoms with Crippen LogP contribution in [0, 0.1) is 0 Å². The van der Waals surface area contributed by atoms with Crippen molar-refractivity contribution in [3.05, 3.63) is 12.4 Å². The molecule has 0 amide bonds. The van der Waals surface area contributed by atoms with Crippen LogP contribution in [0.2, 0.25) is 0 Å². The predicted molar refractivity (Wildman–Crippen MR) is 82.9 cm³/mol. The van der Waals surface area contributed by atoms with Gasteiger partial charge in [-0.2, -0.15) is 0 Å². The summed E-state index contributed by atoms with van der Waals surface area (Å²) in [5, 5.41) is 3.47. The van der Waals surface area contributed by atoms with Crippen molar-refractivity contribution in [2.45, 2.75) is 52.9 Å². The van der Waals surface area contributed by atoms with E-state index in [9.17, 15) is 0 Å². The molecular formula is C15H32N4.